The molecule has 2 aliphatic heterocycles. The summed E-state index contributed by atoms with van der Waals surface area (Å²) in [4.78, 5) is 29.7. The number of nitrogens with zero attached hydrogens (tertiary/aromatic N) is 6. The first kappa shape index (κ1) is 39.3. The van der Waals surface area contributed by atoms with E-state index in [-0.39, 0.29) is 19.5 Å². The van der Waals surface area contributed by atoms with Crippen LogP contribution in [0.25, 0.3) is 44.1 Å². The molecule has 0 saturated carbocycles. The summed E-state index contributed by atoms with van der Waals surface area (Å²) in [5.74, 6) is 2.82. The van der Waals surface area contributed by atoms with Crippen molar-refractivity contribution in [3.63, 3.8) is 0 Å². The van der Waals surface area contributed by atoms with Crippen molar-refractivity contribution in [2.75, 3.05) is 0 Å². The standard InChI is InChI=1S/2C28H18N3.Zn/c2*1-3-11-19(12-4-1)25-21-15-7-9-17-23(21)27(29-25)31-28-24-18-10-8-16-22(24)26(30-28)20-13-5-2-6-14-20;/h2*1-18H;/q2*-1;+2/b2*31-27-;. The SMILES string of the molecule is [Zn+2].c1ccc(C2=N/C(=N\c3[n-]c(-c4ccccc4)c4ccccc34)c3ccccc32)cc1.c1ccc(C2=N/C(=N\c3[n-]c(-c4ccccc4)c4ccccc34)c3ccccc32)cc1. The quantitative estimate of drug-likeness (QED) is 0.156. The second-order valence-electron chi connectivity index (χ2n) is 15.0. The molecular formula is C56H36N6Zn. The second kappa shape index (κ2) is 17.3. The Morgan fingerprint density at radius 2 is 0.571 bits per heavy atom. The van der Waals surface area contributed by atoms with Crippen molar-refractivity contribution in [1.82, 2.24) is 9.97 Å². The van der Waals surface area contributed by atoms with Gasteiger partial charge < -0.3 is 20.0 Å². The molecule has 0 unspecified atom stereocenters. The van der Waals surface area contributed by atoms with Crippen LogP contribution in [0.15, 0.2) is 238 Å². The molecule has 63 heavy (non-hydrogen) atoms. The van der Waals surface area contributed by atoms with Crippen LogP contribution in [0.1, 0.15) is 33.4 Å². The van der Waals surface area contributed by atoms with Crippen molar-refractivity contribution in [2.45, 2.75) is 0 Å². The molecule has 0 amide bonds. The molecule has 0 N–H and O–H groups in total. The molecule has 6 nitrogen and oxygen atoms in total. The fourth-order valence-electron chi connectivity index (χ4n) is 8.25. The van der Waals surface area contributed by atoms with Crippen LogP contribution in [0.3, 0.4) is 0 Å². The number of rotatable bonds is 6. The molecule has 7 heteroatoms. The van der Waals surface area contributed by atoms with E-state index in [1.54, 1.807) is 0 Å². The Bertz CT molecular complexity index is 3150. The minimum absolute atomic E-state index is 0. The molecule has 292 valence electrons. The maximum Gasteiger partial charge on any atom is 2.00 e. The van der Waals surface area contributed by atoms with E-state index in [1.165, 1.54) is 0 Å². The third-order valence-electron chi connectivity index (χ3n) is 11.2. The van der Waals surface area contributed by atoms with Gasteiger partial charge in [0.2, 0.25) is 0 Å². The van der Waals surface area contributed by atoms with E-state index in [1.807, 2.05) is 121 Å². The second-order valence-corrected chi connectivity index (χ2v) is 15.0. The zero-order chi connectivity index (χ0) is 41.2. The third kappa shape index (κ3) is 7.50. The molecule has 8 aromatic carbocycles. The molecule has 0 atom stereocenters. The number of benzene rings is 8. The van der Waals surface area contributed by atoms with E-state index in [2.05, 4.69) is 97.1 Å². The summed E-state index contributed by atoms with van der Waals surface area (Å²) in [7, 11) is 0. The van der Waals surface area contributed by atoms with E-state index < -0.39 is 0 Å². The third-order valence-corrected chi connectivity index (χ3v) is 11.2. The van der Waals surface area contributed by atoms with Crippen LogP contribution in [0.2, 0.25) is 0 Å². The monoisotopic (exact) mass is 856 g/mol. The summed E-state index contributed by atoms with van der Waals surface area (Å²) in [6.45, 7) is 0. The van der Waals surface area contributed by atoms with Gasteiger partial charge in [0.1, 0.15) is 0 Å². The Morgan fingerprint density at radius 1 is 0.286 bits per heavy atom. The van der Waals surface area contributed by atoms with Crippen LogP contribution in [0.5, 0.6) is 0 Å². The summed E-state index contributed by atoms with van der Waals surface area (Å²) in [5.41, 5.74) is 12.4. The van der Waals surface area contributed by atoms with Crippen LogP contribution in [-0.2, 0) is 19.5 Å². The average molecular weight is 858 g/mol. The topological polar surface area (TPSA) is 77.6 Å². The van der Waals surface area contributed by atoms with Crippen LogP contribution in [-0.4, -0.2) is 23.1 Å². The Balaban J connectivity index is 0.000000147. The van der Waals surface area contributed by atoms with Gasteiger partial charge in [0, 0.05) is 33.4 Å². The Labute approximate surface area is 378 Å². The van der Waals surface area contributed by atoms with Gasteiger partial charge in [-0.15, -0.1) is 0 Å². The molecule has 12 rings (SSSR count). The Kier molecular flexibility index (Phi) is 10.8. The smallest absolute Gasteiger partial charge is 0.435 e. The first-order valence-electron chi connectivity index (χ1n) is 20.6. The van der Waals surface area contributed by atoms with Gasteiger partial charge in [-0.25, -0.2) is 0 Å². The van der Waals surface area contributed by atoms with Crippen LogP contribution < -0.4 is 9.97 Å². The average Bonchev–Trinajstić information content (AvgIpc) is 4.12. The van der Waals surface area contributed by atoms with Crippen molar-refractivity contribution < 1.29 is 19.5 Å². The van der Waals surface area contributed by atoms with Gasteiger partial charge in [-0.05, 0) is 55.7 Å². The van der Waals surface area contributed by atoms with Gasteiger partial charge in [0.05, 0.1) is 23.1 Å². The Morgan fingerprint density at radius 3 is 0.937 bits per heavy atom. The summed E-state index contributed by atoms with van der Waals surface area (Å²) >= 11 is 0. The first-order valence-corrected chi connectivity index (χ1v) is 20.6. The molecule has 10 aromatic rings. The molecule has 0 bridgehead atoms. The van der Waals surface area contributed by atoms with Crippen molar-refractivity contribution in [1.29, 1.82) is 0 Å². The van der Waals surface area contributed by atoms with Crippen molar-refractivity contribution in [3.05, 3.63) is 252 Å². The van der Waals surface area contributed by atoms with Gasteiger partial charge in [-0.3, -0.25) is 9.98 Å². The molecule has 2 aromatic heterocycles. The van der Waals surface area contributed by atoms with Crippen LogP contribution in [0.4, 0.5) is 11.6 Å². The summed E-state index contributed by atoms with van der Waals surface area (Å²) in [5, 5.41) is 4.28. The Hall–Kier alpha value is -7.86. The summed E-state index contributed by atoms with van der Waals surface area (Å²) in [6, 6.07) is 74.1. The maximum atomic E-state index is 4.97. The number of aliphatic imine (C=N–C) groups is 4. The van der Waals surface area contributed by atoms with Crippen LogP contribution >= 0.6 is 0 Å². The largest absolute Gasteiger partial charge is 2.00 e. The molecule has 2 aliphatic rings. The van der Waals surface area contributed by atoms with E-state index in [0.29, 0.717) is 23.3 Å². The number of hydrogen-bond donors (Lipinski definition) is 0. The van der Waals surface area contributed by atoms with Gasteiger partial charge in [-0.2, -0.15) is 0 Å². The molecule has 0 radical (unpaired) electrons. The van der Waals surface area contributed by atoms with E-state index in [4.69, 9.17) is 29.9 Å². The van der Waals surface area contributed by atoms with Gasteiger partial charge in [-0.1, -0.05) is 218 Å². The zero-order valence-electron chi connectivity index (χ0n) is 34.2. The van der Waals surface area contributed by atoms with Crippen molar-refractivity contribution >= 4 is 56.3 Å². The molecular weight excluding hydrogens is 822 g/mol. The van der Waals surface area contributed by atoms with Crippen LogP contribution in [0, 0.1) is 0 Å². The molecule has 4 heterocycles. The van der Waals surface area contributed by atoms with Gasteiger partial charge in [0.15, 0.2) is 0 Å². The zero-order valence-corrected chi connectivity index (χ0v) is 37.1. The predicted molar refractivity (Wildman–Crippen MR) is 255 cm³/mol. The normalized spacial score (nSPS) is 13.8. The van der Waals surface area contributed by atoms with Gasteiger partial charge in [0.25, 0.3) is 0 Å². The molecule has 0 fully saturated rings. The molecule has 0 saturated heterocycles. The molecule has 0 spiro atoms. The minimum Gasteiger partial charge on any atom is -0.435 e. The summed E-state index contributed by atoms with van der Waals surface area (Å²) < 4.78 is 0. The first-order chi connectivity index (χ1) is 30.8. The van der Waals surface area contributed by atoms with E-state index in [0.717, 1.165) is 88.9 Å². The number of hydrogen-bond acceptors (Lipinski definition) is 2. The maximum absolute atomic E-state index is 4.97. The predicted octanol–water partition coefficient (Wildman–Crippen LogP) is 12.8. The van der Waals surface area contributed by atoms with E-state index in [9.17, 15) is 0 Å². The van der Waals surface area contributed by atoms with E-state index >= 15 is 0 Å². The van der Waals surface area contributed by atoms with Crippen molar-refractivity contribution in [2.24, 2.45) is 20.0 Å². The van der Waals surface area contributed by atoms with Crippen molar-refractivity contribution in [3.8, 4) is 22.5 Å². The molecule has 0 aliphatic carbocycles. The minimum atomic E-state index is 0. The number of amidine groups is 2. The fraction of sp³-hybridized carbons (Fsp3) is 0. The number of aromatic nitrogens is 2. The fourth-order valence-corrected chi connectivity index (χ4v) is 8.25. The summed E-state index contributed by atoms with van der Waals surface area (Å²) in [6.07, 6.45) is 0. The number of fused-ring (bicyclic) bond motifs is 4. The van der Waals surface area contributed by atoms with Gasteiger partial charge >= 0.3 is 19.5 Å².